The third-order valence-corrected chi connectivity index (χ3v) is 4.53. The number of guanidine groups is 1. The lowest BCUT2D eigenvalue weighted by atomic mass is 10.1. The van der Waals surface area contributed by atoms with Crippen LogP contribution in [0.4, 0.5) is 0 Å². The van der Waals surface area contributed by atoms with Gasteiger partial charge in [-0.3, -0.25) is 0 Å². The first kappa shape index (κ1) is 15.5. The number of aliphatic imine (C=N–C) groups is 4. The van der Waals surface area contributed by atoms with Crippen LogP contribution in [0, 0.1) is 6.92 Å². The van der Waals surface area contributed by atoms with Gasteiger partial charge in [-0.2, -0.15) is 9.98 Å². The number of para-hydroxylation sites is 1. The van der Waals surface area contributed by atoms with Crippen LogP contribution in [0.3, 0.4) is 0 Å². The molecule has 0 amide bonds. The standard InChI is InChI=1S/C21H15N5O/c1-13-7-2-3-8-14(13)19-22-17-11-6-12-18-23-20(25-21(24-19)26(17)18)15-9-4-5-10-16(15)27/h2-12,27H,1H3. The number of phenols is 1. The third-order valence-electron chi connectivity index (χ3n) is 4.53. The van der Waals surface area contributed by atoms with E-state index in [9.17, 15) is 5.11 Å². The molecular weight excluding hydrogens is 338 g/mol. The van der Waals surface area contributed by atoms with Crippen molar-refractivity contribution in [3.8, 4) is 5.75 Å². The Balaban J connectivity index is 1.68. The first-order valence-electron chi connectivity index (χ1n) is 8.58. The highest BCUT2D eigenvalue weighted by Crippen LogP contribution is 2.27. The fourth-order valence-corrected chi connectivity index (χ4v) is 3.17. The van der Waals surface area contributed by atoms with Crippen LogP contribution < -0.4 is 0 Å². The number of rotatable bonds is 2. The molecule has 27 heavy (non-hydrogen) atoms. The molecule has 0 spiro atoms. The van der Waals surface area contributed by atoms with E-state index in [1.165, 1.54) is 0 Å². The highest BCUT2D eigenvalue weighted by atomic mass is 16.3. The minimum Gasteiger partial charge on any atom is -0.507 e. The molecule has 0 aliphatic carbocycles. The molecule has 2 aromatic carbocycles. The summed E-state index contributed by atoms with van der Waals surface area (Å²) in [4.78, 5) is 20.4. The van der Waals surface area contributed by atoms with E-state index in [0.29, 0.717) is 29.0 Å². The van der Waals surface area contributed by atoms with Gasteiger partial charge in [-0.25, -0.2) is 14.9 Å². The van der Waals surface area contributed by atoms with Gasteiger partial charge in [-0.15, -0.1) is 0 Å². The summed E-state index contributed by atoms with van der Waals surface area (Å²) >= 11 is 0. The van der Waals surface area contributed by atoms with Crippen LogP contribution in [0.15, 0.2) is 92.5 Å². The molecule has 3 heterocycles. The van der Waals surface area contributed by atoms with E-state index in [4.69, 9.17) is 9.98 Å². The predicted molar refractivity (Wildman–Crippen MR) is 106 cm³/mol. The van der Waals surface area contributed by atoms with Crippen molar-refractivity contribution >= 4 is 23.5 Å². The Labute approximate surface area is 156 Å². The van der Waals surface area contributed by atoms with Crippen LogP contribution in [0.5, 0.6) is 5.75 Å². The average molecular weight is 353 g/mol. The van der Waals surface area contributed by atoms with Gasteiger partial charge in [-0.1, -0.05) is 42.5 Å². The number of aromatic hydroxyl groups is 1. The number of allylic oxidation sites excluding steroid dienone is 2. The van der Waals surface area contributed by atoms with Gasteiger partial charge >= 0.3 is 0 Å². The van der Waals surface area contributed by atoms with Crippen molar-refractivity contribution in [1.29, 1.82) is 0 Å². The molecule has 6 heteroatoms. The topological polar surface area (TPSA) is 72.9 Å². The van der Waals surface area contributed by atoms with Crippen molar-refractivity contribution < 1.29 is 5.11 Å². The van der Waals surface area contributed by atoms with E-state index in [1.54, 1.807) is 18.2 Å². The van der Waals surface area contributed by atoms with Crippen LogP contribution in [-0.2, 0) is 0 Å². The molecule has 130 valence electrons. The molecule has 0 aromatic heterocycles. The number of hydrogen-bond acceptors (Lipinski definition) is 6. The first-order valence-corrected chi connectivity index (χ1v) is 8.58. The minimum absolute atomic E-state index is 0.133. The zero-order valence-corrected chi connectivity index (χ0v) is 14.5. The molecule has 0 radical (unpaired) electrons. The van der Waals surface area contributed by atoms with Crippen molar-refractivity contribution in [1.82, 2.24) is 4.90 Å². The molecule has 3 aliphatic rings. The van der Waals surface area contributed by atoms with Crippen molar-refractivity contribution in [2.75, 3.05) is 0 Å². The summed E-state index contributed by atoms with van der Waals surface area (Å²) in [5.74, 6) is 3.06. The maximum absolute atomic E-state index is 10.2. The van der Waals surface area contributed by atoms with Crippen molar-refractivity contribution in [2.24, 2.45) is 20.0 Å². The van der Waals surface area contributed by atoms with Gasteiger partial charge in [0.05, 0.1) is 5.56 Å². The number of aryl methyl sites for hydroxylation is 1. The van der Waals surface area contributed by atoms with E-state index in [0.717, 1.165) is 17.0 Å². The average Bonchev–Trinajstić information content (AvgIpc) is 2.68. The normalized spacial score (nSPS) is 17.4. The Morgan fingerprint density at radius 3 is 2.37 bits per heavy atom. The Morgan fingerprint density at radius 1 is 0.815 bits per heavy atom. The summed E-state index contributed by atoms with van der Waals surface area (Å²) in [6.45, 7) is 2.03. The predicted octanol–water partition coefficient (Wildman–Crippen LogP) is 3.39. The number of phenolic OH excluding ortho intramolecular Hbond substituents is 1. The largest absolute Gasteiger partial charge is 0.507 e. The smallest absolute Gasteiger partial charge is 0.241 e. The molecule has 0 saturated carbocycles. The molecule has 0 atom stereocenters. The summed E-state index contributed by atoms with van der Waals surface area (Å²) < 4.78 is 0. The fourth-order valence-electron chi connectivity index (χ4n) is 3.17. The highest BCUT2D eigenvalue weighted by Gasteiger charge is 2.31. The molecule has 3 aliphatic heterocycles. The zero-order valence-electron chi connectivity index (χ0n) is 14.5. The van der Waals surface area contributed by atoms with E-state index in [2.05, 4.69) is 9.98 Å². The molecule has 5 rings (SSSR count). The minimum atomic E-state index is 0.133. The Kier molecular flexibility index (Phi) is 3.36. The lowest BCUT2D eigenvalue weighted by Crippen LogP contribution is -2.41. The lowest BCUT2D eigenvalue weighted by molar-refractivity contribution is 0.474. The van der Waals surface area contributed by atoms with Gasteiger partial charge in [0.25, 0.3) is 0 Å². The second-order valence-corrected chi connectivity index (χ2v) is 6.30. The second kappa shape index (κ2) is 5.88. The molecule has 2 aromatic rings. The number of benzene rings is 2. The van der Waals surface area contributed by atoms with Gasteiger partial charge in [0.2, 0.25) is 5.96 Å². The summed E-state index contributed by atoms with van der Waals surface area (Å²) in [6, 6.07) is 15.0. The quantitative estimate of drug-likeness (QED) is 0.899. The van der Waals surface area contributed by atoms with E-state index in [1.807, 2.05) is 60.4 Å². The van der Waals surface area contributed by atoms with Crippen LogP contribution >= 0.6 is 0 Å². The molecule has 1 N–H and O–H groups in total. The van der Waals surface area contributed by atoms with Crippen LogP contribution in [0.2, 0.25) is 0 Å². The second-order valence-electron chi connectivity index (χ2n) is 6.30. The Bertz CT molecular complexity index is 1110. The van der Waals surface area contributed by atoms with E-state index < -0.39 is 0 Å². The SMILES string of the molecule is Cc1ccccc1C1=NC2=NC(c3ccccc3O)=NC3=CC=CC(=N1)N32. The summed E-state index contributed by atoms with van der Waals surface area (Å²) in [5, 5.41) is 10.2. The molecule has 0 bridgehead atoms. The van der Waals surface area contributed by atoms with Gasteiger partial charge in [0, 0.05) is 5.56 Å². The molecule has 0 unspecified atom stereocenters. The van der Waals surface area contributed by atoms with Crippen molar-refractivity contribution in [2.45, 2.75) is 6.92 Å². The first-order chi connectivity index (χ1) is 13.2. The van der Waals surface area contributed by atoms with E-state index in [-0.39, 0.29) is 5.75 Å². The Morgan fingerprint density at radius 2 is 1.56 bits per heavy atom. The zero-order chi connectivity index (χ0) is 18.4. The molecule has 0 fully saturated rings. The Hall–Kier alpha value is -3.80. The summed E-state index contributed by atoms with van der Waals surface area (Å²) in [5.41, 5.74) is 2.62. The van der Waals surface area contributed by atoms with Crippen LogP contribution in [0.25, 0.3) is 0 Å². The van der Waals surface area contributed by atoms with Crippen molar-refractivity contribution in [3.63, 3.8) is 0 Å². The summed E-state index contributed by atoms with van der Waals surface area (Å²) in [7, 11) is 0. The molecule has 6 nitrogen and oxygen atoms in total. The van der Waals surface area contributed by atoms with Gasteiger partial charge in [-0.05, 0) is 36.8 Å². The molecular formula is C21H15N5O. The van der Waals surface area contributed by atoms with Gasteiger partial charge in [0.15, 0.2) is 11.7 Å². The van der Waals surface area contributed by atoms with Crippen molar-refractivity contribution in [3.05, 3.63) is 89.3 Å². The number of hydrogen-bond donors (Lipinski definition) is 1. The third kappa shape index (κ3) is 2.50. The maximum atomic E-state index is 10.2. The van der Waals surface area contributed by atoms with Gasteiger partial charge < -0.3 is 5.11 Å². The van der Waals surface area contributed by atoms with E-state index >= 15 is 0 Å². The van der Waals surface area contributed by atoms with Crippen LogP contribution in [0.1, 0.15) is 16.7 Å². The molecule has 0 saturated heterocycles. The van der Waals surface area contributed by atoms with Gasteiger partial charge in [0.1, 0.15) is 17.4 Å². The monoisotopic (exact) mass is 353 g/mol. The maximum Gasteiger partial charge on any atom is 0.241 e. The summed E-state index contributed by atoms with van der Waals surface area (Å²) in [6.07, 6.45) is 5.69. The lowest BCUT2D eigenvalue weighted by Gasteiger charge is -2.31. The highest BCUT2D eigenvalue weighted by molar-refractivity contribution is 6.25. The van der Waals surface area contributed by atoms with Crippen LogP contribution in [-0.4, -0.2) is 33.5 Å². The number of amidine groups is 3. The number of nitrogens with zero attached hydrogens (tertiary/aromatic N) is 5. The fraction of sp³-hybridized carbons (Fsp3) is 0.0476.